The van der Waals surface area contributed by atoms with Crippen molar-refractivity contribution in [1.82, 2.24) is 0 Å². The van der Waals surface area contributed by atoms with Crippen molar-refractivity contribution in [3.05, 3.63) is 48.6 Å². The summed E-state index contributed by atoms with van der Waals surface area (Å²) in [6.45, 7) is 3.52. The van der Waals surface area contributed by atoms with Crippen LogP contribution >= 0.6 is 7.82 Å². The number of allylic oxidation sites excluding steroid dienone is 8. The van der Waals surface area contributed by atoms with E-state index in [1.165, 1.54) is 70.6 Å². The van der Waals surface area contributed by atoms with Crippen molar-refractivity contribution in [1.29, 1.82) is 0 Å². The molecule has 48 heavy (non-hydrogen) atoms. The number of carbonyl (C=O) groups is 2. The van der Waals surface area contributed by atoms with Crippen molar-refractivity contribution < 1.29 is 37.6 Å². The second-order valence-electron chi connectivity index (χ2n) is 12.2. The quantitative estimate of drug-likeness (QED) is 0.0291. The van der Waals surface area contributed by atoms with E-state index < -0.39 is 32.5 Å². The SMILES string of the molecule is CC/C=C/C=C/C=C/C=C/CCCCCC(=O)OC(COC(=O)CCCCCCCCCCCCCCCC)COP(=O)(O)OCCN. The third kappa shape index (κ3) is 33.9. The van der Waals surface area contributed by atoms with E-state index in [9.17, 15) is 19.0 Å². The summed E-state index contributed by atoms with van der Waals surface area (Å²) in [5.41, 5.74) is 5.32. The smallest absolute Gasteiger partial charge is 0.462 e. The fourth-order valence-electron chi connectivity index (χ4n) is 4.82. The third-order valence-corrected chi connectivity index (χ3v) is 8.56. The maximum atomic E-state index is 12.5. The molecule has 9 nitrogen and oxygen atoms in total. The summed E-state index contributed by atoms with van der Waals surface area (Å²) in [5.74, 6) is -0.876. The molecule has 0 rings (SSSR count). The molecule has 278 valence electrons. The molecule has 0 aliphatic carbocycles. The minimum absolute atomic E-state index is 0.0456. The molecule has 0 amide bonds. The van der Waals surface area contributed by atoms with Gasteiger partial charge in [0.2, 0.25) is 0 Å². The molecule has 3 N–H and O–H groups in total. The van der Waals surface area contributed by atoms with Crippen LogP contribution in [0.15, 0.2) is 48.6 Å². The van der Waals surface area contributed by atoms with Gasteiger partial charge in [-0.3, -0.25) is 18.6 Å². The van der Waals surface area contributed by atoms with Crippen LogP contribution < -0.4 is 5.73 Å². The predicted molar refractivity (Wildman–Crippen MR) is 196 cm³/mol. The van der Waals surface area contributed by atoms with E-state index in [4.69, 9.17) is 24.3 Å². The van der Waals surface area contributed by atoms with Gasteiger partial charge in [0.15, 0.2) is 6.10 Å². The summed E-state index contributed by atoms with van der Waals surface area (Å²) in [5, 5.41) is 0. The highest BCUT2D eigenvalue weighted by atomic mass is 31.2. The van der Waals surface area contributed by atoms with Gasteiger partial charge in [-0.05, 0) is 32.1 Å². The van der Waals surface area contributed by atoms with Gasteiger partial charge in [0.05, 0.1) is 13.2 Å². The van der Waals surface area contributed by atoms with Crippen LogP contribution in [0.1, 0.15) is 149 Å². The first-order chi connectivity index (χ1) is 23.3. The normalized spacial score (nSPS) is 14.0. The Labute approximate surface area is 292 Å². The highest BCUT2D eigenvalue weighted by Gasteiger charge is 2.25. The van der Waals surface area contributed by atoms with Crippen molar-refractivity contribution in [2.45, 2.75) is 155 Å². The van der Waals surface area contributed by atoms with E-state index in [0.717, 1.165) is 44.9 Å². The molecule has 2 unspecified atom stereocenters. The molecule has 0 aliphatic rings. The van der Waals surface area contributed by atoms with E-state index in [-0.39, 0.29) is 32.6 Å². The highest BCUT2D eigenvalue weighted by molar-refractivity contribution is 7.47. The lowest BCUT2D eigenvalue weighted by atomic mass is 10.0. The van der Waals surface area contributed by atoms with Crippen LogP contribution in [0.4, 0.5) is 0 Å². The minimum atomic E-state index is -4.38. The number of hydrogen-bond acceptors (Lipinski definition) is 8. The molecule has 0 bridgehead atoms. The standard InChI is InChI=1S/C38H68NO8P/c1-3-5-7-9-11-13-15-17-19-20-22-24-26-28-30-37(40)44-34-36(35-46-48(42,43)45-33-32-39)47-38(41)31-29-27-25-23-21-18-16-14-12-10-8-6-4-2/h6,8,10,12,14,16,18,21,36H,3-5,7,9,11,13,15,17,19-20,22-35,39H2,1-2H3,(H,42,43)/b8-6+,12-10+,16-14+,21-18+. The van der Waals surface area contributed by atoms with Crippen LogP contribution in [-0.2, 0) is 32.7 Å². The van der Waals surface area contributed by atoms with Crippen molar-refractivity contribution in [2.24, 2.45) is 5.73 Å². The van der Waals surface area contributed by atoms with E-state index in [0.29, 0.717) is 6.42 Å². The number of esters is 2. The number of phosphoric ester groups is 1. The van der Waals surface area contributed by atoms with Gasteiger partial charge in [-0.15, -0.1) is 0 Å². The number of unbranched alkanes of at least 4 members (excludes halogenated alkanes) is 16. The van der Waals surface area contributed by atoms with Gasteiger partial charge in [0, 0.05) is 19.4 Å². The molecular weight excluding hydrogens is 629 g/mol. The van der Waals surface area contributed by atoms with Crippen molar-refractivity contribution in [3.63, 3.8) is 0 Å². The van der Waals surface area contributed by atoms with Gasteiger partial charge in [-0.25, -0.2) is 4.57 Å². The van der Waals surface area contributed by atoms with Crippen LogP contribution in [0, 0.1) is 0 Å². The summed E-state index contributed by atoms with van der Waals surface area (Å²) in [6.07, 6.45) is 37.2. The maximum Gasteiger partial charge on any atom is 0.472 e. The molecule has 0 aromatic carbocycles. The van der Waals surface area contributed by atoms with Gasteiger partial charge >= 0.3 is 19.8 Å². The number of phosphoric acid groups is 1. The van der Waals surface area contributed by atoms with Crippen LogP contribution in [-0.4, -0.2) is 49.3 Å². The Balaban J connectivity index is 4.29. The highest BCUT2D eigenvalue weighted by Crippen LogP contribution is 2.43. The Hall–Kier alpha value is -2.03. The second-order valence-corrected chi connectivity index (χ2v) is 13.6. The summed E-state index contributed by atoms with van der Waals surface area (Å²) < 4.78 is 32.6. The molecule has 10 heteroatoms. The largest absolute Gasteiger partial charge is 0.472 e. The van der Waals surface area contributed by atoms with Crippen LogP contribution in [0.3, 0.4) is 0 Å². The molecule has 0 spiro atoms. The first-order valence-electron chi connectivity index (χ1n) is 18.7. The lowest BCUT2D eigenvalue weighted by Gasteiger charge is -2.19. The topological polar surface area (TPSA) is 134 Å². The van der Waals surface area contributed by atoms with Gasteiger partial charge < -0.3 is 20.1 Å². The summed E-state index contributed by atoms with van der Waals surface area (Å²) in [4.78, 5) is 34.7. The van der Waals surface area contributed by atoms with E-state index in [1.807, 2.05) is 36.5 Å². The molecule has 0 aliphatic heterocycles. The Morgan fingerprint density at radius 3 is 1.71 bits per heavy atom. The average Bonchev–Trinajstić information content (AvgIpc) is 3.07. The molecule has 0 radical (unpaired) electrons. The predicted octanol–water partition coefficient (Wildman–Crippen LogP) is 9.99. The van der Waals surface area contributed by atoms with Crippen molar-refractivity contribution in [2.75, 3.05) is 26.4 Å². The summed E-state index contributed by atoms with van der Waals surface area (Å²) in [6, 6.07) is 0. The number of rotatable bonds is 34. The van der Waals surface area contributed by atoms with Crippen molar-refractivity contribution >= 4 is 19.8 Å². The fourth-order valence-corrected chi connectivity index (χ4v) is 5.59. The molecule has 0 aromatic heterocycles. The number of hydrogen-bond donors (Lipinski definition) is 2. The molecule has 2 atom stereocenters. The fraction of sp³-hybridized carbons (Fsp3) is 0.737. The third-order valence-electron chi connectivity index (χ3n) is 7.57. The summed E-state index contributed by atoms with van der Waals surface area (Å²) >= 11 is 0. The van der Waals surface area contributed by atoms with Gasteiger partial charge in [0.25, 0.3) is 0 Å². The lowest BCUT2D eigenvalue weighted by molar-refractivity contribution is -0.161. The van der Waals surface area contributed by atoms with Crippen LogP contribution in [0.2, 0.25) is 0 Å². The summed E-state index contributed by atoms with van der Waals surface area (Å²) in [7, 11) is -4.38. The number of nitrogens with two attached hydrogens (primary N) is 1. The first kappa shape index (κ1) is 46.0. The Morgan fingerprint density at radius 1 is 0.646 bits per heavy atom. The zero-order valence-electron chi connectivity index (χ0n) is 30.2. The van der Waals surface area contributed by atoms with E-state index >= 15 is 0 Å². The monoisotopic (exact) mass is 697 g/mol. The molecule has 0 saturated carbocycles. The van der Waals surface area contributed by atoms with Crippen LogP contribution in [0.25, 0.3) is 0 Å². The van der Waals surface area contributed by atoms with Gasteiger partial charge in [0.1, 0.15) is 6.61 Å². The van der Waals surface area contributed by atoms with Gasteiger partial charge in [-0.1, -0.05) is 152 Å². The van der Waals surface area contributed by atoms with Crippen molar-refractivity contribution in [3.8, 4) is 0 Å². The van der Waals surface area contributed by atoms with E-state index in [1.54, 1.807) is 0 Å². The molecule has 0 saturated heterocycles. The molecule has 0 fully saturated rings. The van der Waals surface area contributed by atoms with Gasteiger partial charge in [-0.2, -0.15) is 0 Å². The Kier molecular flexibility index (Phi) is 33.3. The zero-order valence-corrected chi connectivity index (χ0v) is 31.1. The first-order valence-corrected chi connectivity index (χ1v) is 20.2. The Bertz CT molecular complexity index is 934. The second kappa shape index (κ2) is 34.8. The lowest BCUT2D eigenvalue weighted by Crippen LogP contribution is -2.29. The molecular formula is C38H68NO8P. The van der Waals surface area contributed by atoms with E-state index in [2.05, 4.69) is 26.0 Å². The zero-order chi connectivity index (χ0) is 35.4. The molecule has 0 aromatic rings. The number of ether oxygens (including phenoxy) is 2. The number of carbonyl (C=O) groups excluding carboxylic acids is 2. The molecule has 0 heterocycles. The van der Waals surface area contributed by atoms with Crippen LogP contribution in [0.5, 0.6) is 0 Å². The maximum absolute atomic E-state index is 12.5. The minimum Gasteiger partial charge on any atom is -0.462 e. The average molecular weight is 698 g/mol. The Morgan fingerprint density at radius 2 is 1.15 bits per heavy atom.